The van der Waals surface area contributed by atoms with Gasteiger partial charge in [0.2, 0.25) is 0 Å². The topological polar surface area (TPSA) is 67.2 Å². The van der Waals surface area contributed by atoms with Crippen molar-refractivity contribution in [3.05, 3.63) is 11.3 Å². The molecule has 0 aromatic carbocycles. The predicted octanol–water partition coefficient (Wildman–Crippen LogP) is 0.862. The molecule has 0 aliphatic carbocycles. The molecule has 0 saturated heterocycles. The van der Waals surface area contributed by atoms with Crippen LogP contribution in [0.5, 0.6) is 0 Å². The number of nitrogens with zero attached hydrogens (tertiary/aromatic N) is 2. The zero-order valence-electron chi connectivity index (χ0n) is 8.74. The summed E-state index contributed by atoms with van der Waals surface area (Å²) in [6.45, 7) is 2.20. The normalized spacial score (nSPS) is 9.67. The fourth-order valence-electron chi connectivity index (χ4n) is 1.37. The van der Waals surface area contributed by atoms with E-state index >= 15 is 0 Å². The van der Waals surface area contributed by atoms with Gasteiger partial charge in [-0.1, -0.05) is 0 Å². The van der Waals surface area contributed by atoms with Crippen molar-refractivity contribution in [1.29, 1.82) is 0 Å². The quantitative estimate of drug-likeness (QED) is 0.567. The summed E-state index contributed by atoms with van der Waals surface area (Å²) in [4.78, 5) is 11.0. The number of carboxylic acid groups (broad SMARTS) is 1. The molecule has 80 valence electrons. The SMILES string of the molecule is C#CCCNc1c(C(=O)O)c(C)nn1C. The van der Waals surface area contributed by atoms with Crippen LogP contribution in [0.2, 0.25) is 0 Å². The van der Waals surface area contributed by atoms with E-state index in [-0.39, 0.29) is 5.56 Å². The molecule has 0 unspecified atom stereocenters. The van der Waals surface area contributed by atoms with Crippen LogP contribution in [0.4, 0.5) is 5.82 Å². The third-order valence-electron chi connectivity index (χ3n) is 2.00. The summed E-state index contributed by atoms with van der Waals surface area (Å²) in [6, 6.07) is 0. The van der Waals surface area contributed by atoms with Crippen molar-refractivity contribution in [2.45, 2.75) is 13.3 Å². The molecule has 1 aromatic heterocycles. The highest BCUT2D eigenvalue weighted by atomic mass is 16.4. The van der Waals surface area contributed by atoms with Gasteiger partial charge in [0, 0.05) is 20.0 Å². The number of nitrogens with one attached hydrogen (secondary N) is 1. The summed E-state index contributed by atoms with van der Waals surface area (Å²) in [6.07, 6.45) is 5.65. The molecule has 2 N–H and O–H groups in total. The van der Waals surface area contributed by atoms with Gasteiger partial charge in [-0.25, -0.2) is 4.79 Å². The highest BCUT2D eigenvalue weighted by molar-refractivity contribution is 5.94. The Hall–Kier alpha value is -1.96. The molecule has 15 heavy (non-hydrogen) atoms. The van der Waals surface area contributed by atoms with Crippen molar-refractivity contribution in [1.82, 2.24) is 9.78 Å². The lowest BCUT2D eigenvalue weighted by molar-refractivity contribution is 0.0697. The minimum Gasteiger partial charge on any atom is -0.477 e. The number of carbonyl (C=O) groups is 1. The van der Waals surface area contributed by atoms with E-state index in [1.165, 1.54) is 4.68 Å². The molecule has 0 amide bonds. The van der Waals surface area contributed by atoms with E-state index in [9.17, 15) is 4.79 Å². The first-order chi connectivity index (χ1) is 7.07. The van der Waals surface area contributed by atoms with Gasteiger partial charge in [-0.15, -0.1) is 12.3 Å². The van der Waals surface area contributed by atoms with Crippen LogP contribution in [0.3, 0.4) is 0 Å². The van der Waals surface area contributed by atoms with Gasteiger partial charge < -0.3 is 10.4 Å². The van der Waals surface area contributed by atoms with E-state index in [2.05, 4.69) is 16.3 Å². The van der Waals surface area contributed by atoms with Gasteiger partial charge in [-0.3, -0.25) is 4.68 Å². The fourth-order valence-corrected chi connectivity index (χ4v) is 1.37. The Labute approximate surface area is 88.1 Å². The number of hydrogen-bond donors (Lipinski definition) is 2. The molecular weight excluding hydrogens is 194 g/mol. The third kappa shape index (κ3) is 2.29. The van der Waals surface area contributed by atoms with Gasteiger partial charge in [0.25, 0.3) is 0 Å². The lowest BCUT2D eigenvalue weighted by Gasteiger charge is -2.05. The number of carboxylic acids is 1. The molecule has 0 spiro atoms. The van der Waals surface area contributed by atoms with Crippen LogP contribution < -0.4 is 5.32 Å². The second-order valence-electron chi connectivity index (χ2n) is 3.12. The van der Waals surface area contributed by atoms with Crippen LogP contribution in [0, 0.1) is 19.3 Å². The van der Waals surface area contributed by atoms with E-state index in [4.69, 9.17) is 11.5 Å². The third-order valence-corrected chi connectivity index (χ3v) is 2.00. The van der Waals surface area contributed by atoms with Crippen LogP contribution in [0.25, 0.3) is 0 Å². The van der Waals surface area contributed by atoms with E-state index in [0.717, 1.165) is 0 Å². The summed E-state index contributed by atoms with van der Waals surface area (Å²) in [5.41, 5.74) is 0.697. The Kier molecular flexibility index (Phi) is 3.34. The van der Waals surface area contributed by atoms with Crippen LogP contribution >= 0.6 is 0 Å². The van der Waals surface area contributed by atoms with Gasteiger partial charge in [0.15, 0.2) is 0 Å². The van der Waals surface area contributed by atoms with Crippen LogP contribution in [0.1, 0.15) is 22.5 Å². The molecule has 5 nitrogen and oxygen atoms in total. The standard InChI is InChI=1S/C10H13N3O2/c1-4-5-6-11-9-8(10(14)15)7(2)12-13(9)3/h1,11H,5-6H2,2-3H3,(H,14,15). The molecule has 1 aromatic rings. The number of aromatic nitrogens is 2. The first-order valence-corrected chi connectivity index (χ1v) is 4.52. The minimum absolute atomic E-state index is 0.203. The van der Waals surface area contributed by atoms with Gasteiger partial charge >= 0.3 is 5.97 Å². The fraction of sp³-hybridized carbons (Fsp3) is 0.400. The zero-order chi connectivity index (χ0) is 11.4. The maximum absolute atomic E-state index is 11.0. The maximum atomic E-state index is 11.0. The van der Waals surface area contributed by atoms with Gasteiger partial charge in [0.1, 0.15) is 11.4 Å². The summed E-state index contributed by atoms with van der Waals surface area (Å²) >= 11 is 0. The minimum atomic E-state index is -0.983. The molecule has 0 bridgehead atoms. The van der Waals surface area contributed by atoms with Crippen molar-refractivity contribution in [3.63, 3.8) is 0 Å². The monoisotopic (exact) mass is 207 g/mol. The first-order valence-electron chi connectivity index (χ1n) is 4.52. The highest BCUT2D eigenvalue weighted by Gasteiger charge is 2.18. The number of anilines is 1. The molecule has 1 heterocycles. The highest BCUT2D eigenvalue weighted by Crippen LogP contribution is 2.18. The van der Waals surface area contributed by atoms with E-state index in [0.29, 0.717) is 24.5 Å². The Morgan fingerprint density at radius 2 is 2.40 bits per heavy atom. The Morgan fingerprint density at radius 3 is 2.93 bits per heavy atom. The zero-order valence-corrected chi connectivity index (χ0v) is 8.74. The van der Waals surface area contributed by atoms with Crippen molar-refractivity contribution in [3.8, 4) is 12.3 Å². The number of hydrogen-bond acceptors (Lipinski definition) is 3. The first kappa shape index (κ1) is 11.1. The van der Waals surface area contributed by atoms with Gasteiger partial charge in [-0.05, 0) is 6.92 Å². The number of rotatable bonds is 4. The molecule has 5 heteroatoms. The molecule has 0 saturated carbocycles. The van der Waals surface area contributed by atoms with Crippen LogP contribution in [-0.2, 0) is 7.05 Å². The lowest BCUT2D eigenvalue weighted by atomic mass is 10.2. The average Bonchev–Trinajstić information content (AvgIpc) is 2.42. The summed E-state index contributed by atoms with van der Waals surface area (Å²) < 4.78 is 1.51. The van der Waals surface area contributed by atoms with Crippen molar-refractivity contribution in [2.24, 2.45) is 7.05 Å². The summed E-state index contributed by atoms with van der Waals surface area (Å²) in [5, 5.41) is 16.0. The number of aromatic carboxylic acids is 1. The van der Waals surface area contributed by atoms with Crippen molar-refractivity contribution >= 4 is 11.8 Å². The Bertz CT molecular complexity index is 415. The molecule has 1 rings (SSSR count). The smallest absolute Gasteiger partial charge is 0.341 e. The summed E-state index contributed by atoms with van der Waals surface area (Å²) in [7, 11) is 1.69. The van der Waals surface area contributed by atoms with E-state index in [1.807, 2.05) is 0 Å². The van der Waals surface area contributed by atoms with E-state index in [1.54, 1.807) is 14.0 Å². The largest absolute Gasteiger partial charge is 0.477 e. The number of aryl methyl sites for hydroxylation is 2. The van der Waals surface area contributed by atoms with Gasteiger partial charge in [0.05, 0.1) is 5.69 Å². The molecule has 0 fully saturated rings. The Balaban J connectivity index is 2.95. The van der Waals surface area contributed by atoms with Crippen molar-refractivity contribution in [2.75, 3.05) is 11.9 Å². The second-order valence-corrected chi connectivity index (χ2v) is 3.12. The maximum Gasteiger partial charge on any atom is 0.341 e. The van der Waals surface area contributed by atoms with Crippen LogP contribution in [-0.4, -0.2) is 27.4 Å². The molecule has 0 atom stereocenters. The summed E-state index contributed by atoms with van der Waals surface area (Å²) in [5.74, 6) is 1.99. The molecular formula is C10H13N3O2. The average molecular weight is 207 g/mol. The molecule has 0 aliphatic heterocycles. The Morgan fingerprint density at radius 1 is 1.73 bits per heavy atom. The molecule has 0 radical (unpaired) electrons. The van der Waals surface area contributed by atoms with Crippen molar-refractivity contribution < 1.29 is 9.90 Å². The van der Waals surface area contributed by atoms with E-state index < -0.39 is 5.97 Å². The number of terminal acetylenes is 1. The second kappa shape index (κ2) is 4.51. The molecule has 0 aliphatic rings. The van der Waals surface area contributed by atoms with Gasteiger partial charge in [-0.2, -0.15) is 5.10 Å². The van der Waals surface area contributed by atoms with Crippen LogP contribution in [0.15, 0.2) is 0 Å². The predicted molar refractivity (Wildman–Crippen MR) is 56.8 cm³/mol. The lowest BCUT2D eigenvalue weighted by Crippen LogP contribution is -2.09.